The molecule has 0 radical (unpaired) electrons. The van der Waals surface area contributed by atoms with Gasteiger partial charge in [-0.25, -0.2) is 8.78 Å². The van der Waals surface area contributed by atoms with Gasteiger partial charge in [0.1, 0.15) is 5.82 Å². The molecule has 0 N–H and O–H groups in total. The maximum Gasteiger partial charge on any atom is 0.573 e. The van der Waals surface area contributed by atoms with Gasteiger partial charge in [-0.2, -0.15) is 0 Å². The summed E-state index contributed by atoms with van der Waals surface area (Å²) in [6, 6.07) is 7.53. The van der Waals surface area contributed by atoms with Crippen LogP contribution in [-0.2, 0) is 6.42 Å². The maximum absolute atomic E-state index is 15.1. The fourth-order valence-electron chi connectivity index (χ4n) is 5.23. The quantitative estimate of drug-likeness (QED) is 0.388. The SMILES string of the molecule is CCCCC1CCC(c2ccc(C3=Cc4cc(F)c(OC(F)(F)F)cc4CC3)c(F)c2)CC1. The summed E-state index contributed by atoms with van der Waals surface area (Å²) in [4.78, 5) is 0. The molecule has 2 aliphatic carbocycles. The Balaban J connectivity index is 1.49. The first-order valence-corrected chi connectivity index (χ1v) is 11.8. The van der Waals surface area contributed by atoms with Gasteiger partial charge in [0.25, 0.3) is 0 Å². The first-order valence-electron chi connectivity index (χ1n) is 11.8. The van der Waals surface area contributed by atoms with Crippen molar-refractivity contribution in [2.45, 2.75) is 77.0 Å². The Labute approximate surface area is 191 Å². The van der Waals surface area contributed by atoms with Crippen molar-refractivity contribution in [1.82, 2.24) is 0 Å². The lowest BCUT2D eigenvalue weighted by Gasteiger charge is -2.29. The Kier molecular flexibility index (Phi) is 7.10. The Hall–Kier alpha value is -2.37. The molecule has 0 bridgehead atoms. The van der Waals surface area contributed by atoms with Gasteiger partial charge in [0, 0.05) is 5.56 Å². The molecular formula is C27H29F5O. The van der Waals surface area contributed by atoms with Gasteiger partial charge < -0.3 is 4.74 Å². The first kappa shape index (κ1) is 23.8. The van der Waals surface area contributed by atoms with Crippen LogP contribution in [0.4, 0.5) is 22.0 Å². The molecule has 0 aromatic heterocycles. The van der Waals surface area contributed by atoms with Crippen molar-refractivity contribution >= 4 is 11.6 Å². The number of alkyl halides is 3. The van der Waals surface area contributed by atoms with E-state index in [1.807, 2.05) is 6.07 Å². The molecule has 2 aliphatic rings. The van der Waals surface area contributed by atoms with Gasteiger partial charge in [0.05, 0.1) is 0 Å². The maximum atomic E-state index is 15.1. The average Bonchev–Trinajstić information content (AvgIpc) is 2.77. The van der Waals surface area contributed by atoms with E-state index in [2.05, 4.69) is 11.7 Å². The van der Waals surface area contributed by atoms with Crippen molar-refractivity contribution in [3.8, 4) is 5.75 Å². The average molecular weight is 465 g/mol. The topological polar surface area (TPSA) is 9.23 Å². The molecule has 1 nitrogen and oxygen atoms in total. The summed E-state index contributed by atoms with van der Waals surface area (Å²) in [6.45, 7) is 2.21. The second kappa shape index (κ2) is 9.86. The van der Waals surface area contributed by atoms with E-state index < -0.39 is 17.9 Å². The summed E-state index contributed by atoms with van der Waals surface area (Å²) in [6.07, 6.45) is 5.91. The van der Waals surface area contributed by atoms with Crippen LogP contribution in [0, 0.1) is 17.6 Å². The van der Waals surface area contributed by atoms with Crippen molar-refractivity contribution in [3.63, 3.8) is 0 Å². The van der Waals surface area contributed by atoms with E-state index in [1.54, 1.807) is 18.2 Å². The summed E-state index contributed by atoms with van der Waals surface area (Å²) < 4.78 is 70.4. The fourth-order valence-corrected chi connectivity index (χ4v) is 5.23. The summed E-state index contributed by atoms with van der Waals surface area (Å²) in [5, 5.41) is 0. The van der Waals surface area contributed by atoms with Gasteiger partial charge in [0.15, 0.2) is 11.6 Å². The number of hydrogen-bond acceptors (Lipinski definition) is 1. The third-order valence-corrected chi connectivity index (χ3v) is 7.04. The van der Waals surface area contributed by atoms with Crippen LogP contribution in [-0.4, -0.2) is 6.36 Å². The zero-order valence-electron chi connectivity index (χ0n) is 18.8. The van der Waals surface area contributed by atoms with E-state index in [4.69, 9.17) is 0 Å². The molecule has 0 atom stereocenters. The van der Waals surface area contributed by atoms with Crippen molar-refractivity contribution in [2.24, 2.45) is 5.92 Å². The molecule has 2 aromatic carbocycles. The van der Waals surface area contributed by atoms with Gasteiger partial charge in [-0.1, -0.05) is 44.4 Å². The molecule has 6 heteroatoms. The van der Waals surface area contributed by atoms with Crippen molar-refractivity contribution in [3.05, 3.63) is 64.2 Å². The number of rotatable bonds is 6. The molecule has 33 heavy (non-hydrogen) atoms. The van der Waals surface area contributed by atoms with Crippen LogP contribution in [0.15, 0.2) is 30.3 Å². The monoisotopic (exact) mass is 464 g/mol. The van der Waals surface area contributed by atoms with Gasteiger partial charge in [0.2, 0.25) is 0 Å². The number of allylic oxidation sites excluding steroid dienone is 1. The Morgan fingerprint density at radius 3 is 2.36 bits per heavy atom. The molecular weight excluding hydrogens is 435 g/mol. The van der Waals surface area contributed by atoms with Gasteiger partial charge in [-0.05, 0) is 90.8 Å². The molecule has 0 heterocycles. The predicted molar refractivity (Wildman–Crippen MR) is 120 cm³/mol. The molecule has 0 spiro atoms. The number of halogens is 5. The summed E-state index contributed by atoms with van der Waals surface area (Å²) >= 11 is 0. The van der Waals surface area contributed by atoms with Crippen molar-refractivity contribution in [2.75, 3.05) is 0 Å². The largest absolute Gasteiger partial charge is 0.573 e. The lowest BCUT2D eigenvalue weighted by molar-refractivity contribution is -0.275. The molecule has 0 aliphatic heterocycles. The number of ether oxygens (including phenoxy) is 1. The first-order chi connectivity index (χ1) is 15.7. The van der Waals surface area contributed by atoms with Crippen LogP contribution in [0.3, 0.4) is 0 Å². The van der Waals surface area contributed by atoms with Gasteiger partial charge >= 0.3 is 6.36 Å². The highest BCUT2D eigenvalue weighted by Crippen LogP contribution is 2.40. The van der Waals surface area contributed by atoms with E-state index in [-0.39, 0.29) is 5.82 Å². The number of benzene rings is 2. The highest BCUT2D eigenvalue weighted by atomic mass is 19.4. The Morgan fingerprint density at radius 2 is 1.70 bits per heavy atom. The van der Waals surface area contributed by atoms with Crippen molar-refractivity contribution < 1.29 is 26.7 Å². The van der Waals surface area contributed by atoms with Crippen LogP contribution < -0.4 is 4.74 Å². The highest BCUT2D eigenvalue weighted by Gasteiger charge is 2.33. The summed E-state index contributed by atoms with van der Waals surface area (Å²) in [7, 11) is 0. The number of unbranched alkanes of at least 4 members (excludes halogenated alkanes) is 1. The zero-order valence-corrected chi connectivity index (χ0v) is 18.8. The van der Waals surface area contributed by atoms with E-state index in [1.165, 1.54) is 32.1 Å². The highest BCUT2D eigenvalue weighted by molar-refractivity contribution is 5.85. The van der Waals surface area contributed by atoms with Crippen LogP contribution in [0.1, 0.15) is 86.5 Å². The molecule has 178 valence electrons. The Morgan fingerprint density at radius 1 is 0.939 bits per heavy atom. The molecule has 0 amide bonds. The third kappa shape index (κ3) is 5.77. The normalized spacial score (nSPS) is 20.8. The summed E-state index contributed by atoms with van der Waals surface area (Å²) in [5.41, 5.74) is 3.23. The van der Waals surface area contributed by atoms with Crippen molar-refractivity contribution in [1.29, 1.82) is 0 Å². The second-order valence-corrected chi connectivity index (χ2v) is 9.30. The van der Waals surface area contributed by atoms with E-state index >= 15 is 4.39 Å². The van der Waals surface area contributed by atoms with Gasteiger partial charge in [-0.3, -0.25) is 0 Å². The lowest BCUT2D eigenvalue weighted by Crippen LogP contribution is -2.18. The van der Waals surface area contributed by atoms with E-state index in [0.717, 1.165) is 42.0 Å². The minimum atomic E-state index is -4.95. The van der Waals surface area contributed by atoms with Gasteiger partial charge in [-0.15, -0.1) is 13.2 Å². The third-order valence-electron chi connectivity index (χ3n) is 7.04. The molecule has 2 aromatic rings. The Bertz CT molecular complexity index is 1020. The number of aryl methyl sites for hydroxylation is 1. The van der Waals surface area contributed by atoms with Crippen LogP contribution in [0.2, 0.25) is 0 Å². The molecule has 4 rings (SSSR count). The minimum absolute atomic E-state index is 0.298. The molecule has 1 fully saturated rings. The van der Waals surface area contributed by atoms with E-state index in [0.29, 0.717) is 35.4 Å². The van der Waals surface area contributed by atoms with Crippen LogP contribution in [0.25, 0.3) is 11.6 Å². The molecule has 0 unspecified atom stereocenters. The van der Waals surface area contributed by atoms with E-state index in [9.17, 15) is 17.6 Å². The smallest absolute Gasteiger partial charge is 0.403 e. The number of hydrogen-bond donors (Lipinski definition) is 0. The van der Waals surface area contributed by atoms with Crippen LogP contribution >= 0.6 is 0 Å². The fraction of sp³-hybridized carbons (Fsp3) is 0.481. The summed E-state index contributed by atoms with van der Waals surface area (Å²) in [5.74, 6) is -1.05. The standard InChI is InChI=1S/C27H29F5O/c1-2-3-4-17-5-7-18(8-6-17)19-11-12-23(24(28)14-19)21-10-9-20-16-26(33-27(30,31)32)25(29)15-22(20)13-21/h11-18H,2-10H2,1H3. The minimum Gasteiger partial charge on any atom is -0.403 e. The molecule has 0 saturated heterocycles. The second-order valence-electron chi connectivity index (χ2n) is 9.30. The lowest BCUT2D eigenvalue weighted by atomic mass is 9.76. The zero-order chi connectivity index (χ0) is 23.6. The molecule has 1 saturated carbocycles. The predicted octanol–water partition coefficient (Wildman–Crippen LogP) is 8.81. The number of fused-ring (bicyclic) bond motifs is 1. The van der Waals surface area contributed by atoms with Crippen LogP contribution in [0.5, 0.6) is 5.75 Å².